The third kappa shape index (κ3) is 7.02. The van der Waals surface area contributed by atoms with E-state index in [4.69, 9.17) is 10.5 Å². The second kappa shape index (κ2) is 11.7. The van der Waals surface area contributed by atoms with Gasteiger partial charge in [-0.15, -0.1) is 24.0 Å². The molecule has 2 heterocycles. The van der Waals surface area contributed by atoms with E-state index >= 15 is 0 Å². The molecule has 7 heteroatoms. The molecule has 0 aliphatic carbocycles. The Morgan fingerprint density at radius 2 is 1.85 bits per heavy atom. The summed E-state index contributed by atoms with van der Waals surface area (Å²) in [4.78, 5) is 9.33. The molecular formula is C19H32IN5O. The SMILES string of the molecule is I.NC(=NCCCN1CCOCC1)NCCN1CCc2ccccc2C1. The highest BCUT2D eigenvalue weighted by molar-refractivity contribution is 14.0. The van der Waals surface area contributed by atoms with Crippen molar-refractivity contribution in [2.75, 3.05) is 59.0 Å². The number of ether oxygens (including phenoxy) is 1. The minimum absolute atomic E-state index is 0. The maximum atomic E-state index is 5.97. The van der Waals surface area contributed by atoms with Crippen molar-refractivity contribution >= 4 is 29.9 Å². The summed E-state index contributed by atoms with van der Waals surface area (Å²) in [5.74, 6) is 0.569. The Hall–Kier alpha value is -0.900. The van der Waals surface area contributed by atoms with Gasteiger partial charge in [0.25, 0.3) is 0 Å². The highest BCUT2D eigenvalue weighted by atomic mass is 127. The zero-order valence-electron chi connectivity index (χ0n) is 15.5. The first-order valence-electron chi connectivity index (χ1n) is 9.44. The topological polar surface area (TPSA) is 66.1 Å². The van der Waals surface area contributed by atoms with E-state index in [1.807, 2.05) is 0 Å². The van der Waals surface area contributed by atoms with Crippen molar-refractivity contribution in [1.29, 1.82) is 0 Å². The molecule has 0 radical (unpaired) electrons. The number of nitrogens with one attached hydrogen (secondary N) is 1. The average molecular weight is 473 g/mol. The highest BCUT2D eigenvalue weighted by Gasteiger charge is 2.14. The minimum Gasteiger partial charge on any atom is -0.379 e. The maximum Gasteiger partial charge on any atom is 0.188 e. The quantitative estimate of drug-likeness (QED) is 0.271. The van der Waals surface area contributed by atoms with Gasteiger partial charge >= 0.3 is 0 Å². The van der Waals surface area contributed by atoms with Crippen molar-refractivity contribution in [2.24, 2.45) is 10.7 Å². The molecule has 26 heavy (non-hydrogen) atoms. The first-order valence-corrected chi connectivity index (χ1v) is 9.44. The molecule has 6 nitrogen and oxygen atoms in total. The van der Waals surface area contributed by atoms with E-state index in [0.29, 0.717) is 5.96 Å². The fourth-order valence-electron chi connectivity index (χ4n) is 3.46. The van der Waals surface area contributed by atoms with E-state index in [9.17, 15) is 0 Å². The fourth-order valence-corrected chi connectivity index (χ4v) is 3.46. The summed E-state index contributed by atoms with van der Waals surface area (Å²) >= 11 is 0. The second-order valence-corrected chi connectivity index (χ2v) is 6.80. The molecule has 2 aliphatic heterocycles. The smallest absolute Gasteiger partial charge is 0.188 e. The van der Waals surface area contributed by atoms with Crippen LogP contribution >= 0.6 is 24.0 Å². The number of guanidine groups is 1. The van der Waals surface area contributed by atoms with Crippen LogP contribution in [0, 0.1) is 0 Å². The monoisotopic (exact) mass is 473 g/mol. The molecule has 0 unspecified atom stereocenters. The van der Waals surface area contributed by atoms with Gasteiger partial charge in [0.1, 0.15) is 0 Å². The lowest BCUT2D eigenvalue weighted by Gasteiger charge is -2.28. The Balaban J connectivity index is 0.00000243. The summed E-state index contributed by atoms with van der Waals surface area (Å²) in [6, 6.07) is 8.74. The number of nitrogens with two attached hydrogens (primary N) is 1. The summed E-state index contributed by atoms with van der Waals surface area (Å²) in [5, 5.41) is 3.24. The van der Waals surface area contributed by atoms with Crippen LogP contribution in [0.1, 0.15) is 17.5 Å². The highest BCUT2D eigenvalue weighted by Crippen LogP contribution is 2.17. The van der Waals surface area contributed by atoms with Gasteiger partial charge in [-0.3, -0.25) is 14.8 Å². The molecule has 1 aromatic rings. The van der Waals surface area contributed by atoms with E-state index in [1.54, 1.807) is 0 Å². The molecule has 146 valence electrons. The zero-order valence-corrected chi connectivity index (χ0v) is 17.9. The first-order chi connectivity index (χ1) is 12.3. The van der Waals surface area contributed by atoms with Crippen LogP contribution in [0.15, 0.2) is 29.3 Å². The average Bonchev–Trinajstić information content (AvgIpc) is 2.66. The lowest BCUT2D eigenvalue weighted by molar-refractivity contribution is 0.0377. The number of hydrogen-bond donors (Lipinski definition) is 2. The molecule has 3 rings (SSSR count). The third-order valence-electron chi connectivity index (χ3n) is 4.96. The predicted molar refractivity (Wildman–Crippen MR) is 117 cm³/mol. The molecule has 0 bridgehead atoms. The van der Waals surface area contributed by atoms with E-state index in [-0.39, 0.29) is 24.0 Å². The van der Waals surface area contributed by atoms with E-state index in [1.165, 1.54) is 11.1 Å². The van der Waals surface area contributed by atoms with Crippen molar-refractivity contribution < 1.29 is 4.74 Å². The zero-order chi connectivity index (χ0) is 17.3. The number of fused-ring (bicyclic) bond motifs is 1. The van der Waals surface area contributed by atoms with Crippen molar-refractivity contribution in [3.63, 3.8) is 0 Å². The number of benzene rings is 1. The number of morpholine rings is 1. The standard InChI is InChI=1S/C19H31N5O.HI/c20-19(21-7-3-9-23-12-14-25-15-13-23)22-8-11-24-10-6-17-4-1-2-5-18(17)16-24;/h1-2,4-5H,3,6-16H2,(H3,20,21,22);1H. The van der Waals surface area contributed by atoms with Crippen LogP contribution in [0.5, 0.6) is 0 Å². The van der Waals surface area contributed by atoms with E-state index in [0.717, 1.165) is 78.4 Å². The van der Waals surface area contributed by atoms with Crippen LogP contribution in [-0.4, -0.2) is 74.8 Å². The van der Waals surface area contributed by atoms with E-state index in [2.05, 4.69) is 44.4 Å². The molecule has 0 spiro atoms. The molecule has 1 saturated heterocycles. The lowest BCUT2D eigenvalue weighted by atomic mass is 10.00. The molecule has 1 aromatic carbocycles. The van der Waals surface area contributed by atoms with Gasteiger partial charge in [0.05, 0.1) is 13.2 Å². The summed E-state index contributed by atoms with van der Waals surface area (Å²) in [7, 11) is 0. The van der Waals surface area contributed by atoms with Gasteiger partial charge < -0.3 is 15.8 Å². The van der Waals surface area contributed by atoms with Crippen LogP contribution < -0.4 is 11.1 Å². The van der Waals surface area contributed by atoms with Gasteiger partial charge in [-0.05, 0) is 24.0 Å². The predicted octanol–water partition coefficient (Wildman–Crippen LogP) is 1.29. The molecule has 3 N–H and O–H groups in total. The lowest BCUT2D eigenvalue weighted by Crippen LogP contribution is -2.40. The van der Waals surface area contributed by atoms with E-state index < -0.39 is 0 Å². The van der Waals surface area contributed by atoms with Crippen LogP contribution in [0.25, 0.3) is 0 Å². The number of nitrogens with zero attached hydrogens (tertiary/aromatic N) is 3. The molecule has 0 aromatic heterocycles. The summed E-state index contributed by atoms with van der Waals surface area (Å²) in [6.45, 7) is 9.65. The Kier molecular flexibility index (Phi) is 9.66. The van der Waals surface area contributed by atoms with Gasteiger partial charge in [0.2, 0.25) is 0 Å². The van der Waals surface area contributed by atoms with Crippen LogP contribution in [0.3, 0.4) is 0 Å². The van der Waals surface area contributed by atoms with Crippen molar-refractivity contribution in [2.45, 2.75) is 19.4 Å². The van der Waals surface area contributed by atoms with Gasteiger partial charge in [0.15, 0.2) is 5.96 Å². The fraction of sp³-hybridized carbons (Fsp3) is 0.632. The van der Waals surface area contributed by atoms with Crippen molar-refractivity contribution in [3.8, 4) is 0 Å². The first kappa shape index (κ1) is 21.4. The number of hydrogen-bond acceptors (Lipinski definition) is 4. The maximum absolute atomic E-state index is 5.97. The van der Waals surface area contributed by atoms with Crippen LogP contribution in [0.2, 0.25) is 0 Å². The van der Waals surface area contributed by atoms with Gasteiger partial charge in [0, 0.05) is 52.4 Å². The molecule has 2 aliphatic rings. The molecule has 1 fully saturated rings. The normalized spacial score (nSPS) is 18.8. The number of halogens is 1. The summed E-state index contributed by atoms with van der Waals surface area (Å²) < 4.78 is 5.35. The molecule has 0 amide bonds. The largest absolute Gasteiger partial charge is 0.379 e. The Morgan fingerprint density at radius 1 is 1.08 bits per heavy atom. The van der Waals surface area contributed by atoms with Gasteiger partial charge in [-0.25, -0.2) is 0 Å². The molecular weight excluding hydrogens is 441 g/mol. The van der Waals surface area contributed by atoms with Crippen LogP contribution in [0.4, 0.5) is 0 Å². The van der Waals surface area contributed by atoms with Gasteiger partial charge in [-0.2, -0.15) is 0 Å². The Bertz CT molecular complexity index is 563. The van der Waals surface area contributed by atoms with Crippen LogP contribution in [-0.2, 0) is 17.7 Å². The van der Waals surface area contributed by atoms with Gasteiger partial charge in [-0.1, -0.05) is 24.3 Å². The molecule has 0 atom stereocenters. The molecule has 0 saturated carbocycles. The summed E-state index contributed by atoms with van der Waals surface area (Å²) in [6.07, 6.45) is 2.19. The van der Waals surface area contributed by atoms with Crippen molar-refractivity contribution in [3.05, 3.63) is 35.4 Å². The Labute approximate surface area is 174 Å². The summed E-state index contributed by atoms with van der Waals surface area (Å²) in [5.41, 5.74) is 8.92. The minimum atomic E-state index is 0. The van der Waals surface area contributed by atoms with Crippen molar-refractivity contribution in [1.82, 2.24) is 15.1 Å². The number of aliphatic imine (C=N–C) groups is 1. The third-order valence-corrected chi connectivity index (χ3v) is 4.96. The number of rotatable bonds is 7. The Morgan fingerprint density at radius 3 is 2.65 bits per heavy atom. The second-order valence-electron chi connectivity index (χ2n) is 6.80.